The average Bonchev–Trinajstić information content (AvgIpc) is 2.52. The van der Waals surface area contributed by atoms with Gasteiger partial charge in [0, 0.05) is 12.1 Å². The third-order valence-electron chi connectivity index (χ3n) is 3.26. The van der Waals surface area contributed by atoms with Crippen molar-refractivity contribution >= 4 is 35.3 Å². The van der Waals surface area contributed by atoms with Crippen molar-refractivity contribution in [2.24, 2.45) is 0 Å². The van der Waals surface area contributed by atoms with Crippen LogP contribution in [0.5, 0.6) is 11.5 Å². The van der Waals surface area contributed by atoms with E-state index in [0.717, 1.165) is 21.9 Å². The number of ether oxygens (including phenoxy) is 1. The molecular weight excluding hydrogens is 368 g/mol. The normalized spacial score (nSPS) is 10.1. The number of aromatic hydroxyl groups is 1. The Hall–Kier alpha value is -3.70. The van der Waals surface area contributed by atoms with Gasteiger partial charge in [-0.1, -0.05) is 0 Å². The fourth-order valence-corrected chi connectivity index (χ4v) is 2.28. The summed E-state index contributed by atoms with van der Waals surface area (Å²) in [5.41, 5.74) is -0.537. The number of anilines is 2. The van der Waals surface area contributed by atoms with Gasteiger partial charge in [-0.2, -0.15) is 0 Å². The Kier molecular flexibility index (Phi) is 7.21. The fraction of sp³-hybridized carbons (Fsp3) is 0.333. The third kappa shape index (κ3) is 6.26. The SMILES string of the molecule is COc1cc(N(CC(=O)O)CC(=O)O)c(O)c(N(CC(=O)O)CC(=O)O)c1. The molecule has 0 aromatic heterocycles. The monoisotopic (exact) mass is 386 g/mol. The van der Waals surface area contributed by atoms with Crippen molar-refractivity contribution in [3.63, 3.8) is 0 Å². The van der Waals surface area contributed by atoms with E-state index >= 15 is 0 Å². The number of carbonyl (C=O) groups is 4. The number of hydrogen-bond acceptors (Lipinski definition) is 8. The van der Waals surface area contributed by atoms with Crippen molar-refractivity contribution < 1.29 is 49.4 Å². The first-order valence-corrected chi connectivity index (χ1v) is 7.33. The molecule has 0 aliphatic heterocycles. The highest BCUT2D eigenvalue weighted by atomic mass is 16.5. The molecule has 0 aliphatic rings. The maximum Gasteiger partial charge on any atom is 0.323 e. The fourth-order valence-electron chi connectivity index (χ4n) is 2.28. The largest absolute Gasteiger partial charge is 0.504 e. The Balaban J connectivity index is 3.54. The van der Waals surface area contributed by atoms with Crippen LogP contribution >= 0.6 is 0 Å². The highest BCUT2D eigenvalue weighted by Crippen LogP contribution is 2.41. The summed E-state index contributed by atoms with van der Waals surface area (Å²) >= 11 is 0. The van der Waals surface area contributed by atoms with Crippen molar-refractivity contribution in [3.8, 4) is 11.5 Å². The molecule has 1 aromatic rings. The second-order valence-corrected chi connectivity index (χ2v) is 5.30. The molecular formula is C15H18N2O10. The summed E-state index contributed by atoms with van der Waals surface area (Å²) in [6.45, 7) is -3.15. The summed E-state index contributed by atoms with van der Waals surface area (Å²) < 4.78 is 5.02. The van der Waals surface area contributed by atoms with E-state index in [4.69, 9.17) is 25.2 Å². The van der Waals surface area contributed by atoms with Gasteiger partial charge in [-0.25, -0.2) is 0 Å². The molecule has 0 heterocycles. The zero-order chi connectivity index (χ0) is 20.7. The molecule has 0 saturated carbocycles. The van der Waals surface area contributed by atoms with Gasteiger partial charge in [-0.15, -0.1) is 0 Å². The minimum Gasteiger partial charge on any atom is -0.504 e. The lowest BCUT2D eigenvalue weighted by Crippen LogP contribution is -2.36. The first kappa shape index (κ1) is 21.3. The Morgan fingerprint density at radius 3 is 1.30 bits per heavy atom. The highest BCUT2D eigenvalue weighted by Gasteiger charge is 2.25. The van der Waals surface area contributed by atoms with Crippen LogP contribution in [0.25, 0.3) is 0 Å². The second kappa shape index (κ2) is 9.12. The smallest absolute Gasteiger partial charge is 0.323 e. The molecule has 12 nitrogen and oxygen atoms in total. The van der Waals surface area contributed by atoms with E-state index < -0.39 is 55.8 Å². The van der Waals surface area contributed by atoms with E-state index in [1.165, 1.54) is 7.11 Å². The zero-order valence-corrected chi connectivity index (χ0v) is 14.2. The number of rotatable bonds is 11. The van der Waals surface area contributed by atoms with Crippen LogP contribution in [0.4, 0.5) is 11.4 Å². The van der Waals surface area contributed by atoms with Crippen molar-refractivity contribution in [1.29, 1.82) is 0 Å². The lowest BCUT2D eigenvalue weighted by atomic mass is 10.2. The number of benzene rings is 1. The topological polar surface area (TPSA) is 185 Å². The molecule has 0 atom stereocenters. The van der Waals surface area contributed by atoms with E-state index in [1.807, 2.05) is 0 Å². The van der Waals surface area contributed by atoms with E-state index in [2.05, 4.69) is 0 Å². The predicted octanol–water partition coefficient (Wildman–Crippen LogP) is -0.648. The molecule has 0 radical (unpaired) electrons. The molecule has 0 aliphatic carbocycles. The standard InChI is InChI=1S/C15H18N2O10/c1-27-8-2-9(16(4-11(18)19)5-12(20)21)15(26)10(3-8)17(6-13(22)23)7-14(24)25/h2-3,26H,4-7H2,1H3,(H,18,19)(H,20,21)(H,22,23)(H,24,25). The van der Waals surface area contributed by atoms with Crippen LogP contribution in [0, 0.1) is 0 Å². The minimum absolute atomic E-state index is 0.0272. The Morgan fingerprint density at radius 2 is 1.07 bits per heavy atom. The van der Waals surface area contributed by atoms with Crippen LogP contribution < -0.4 is 14.5 Å². The predicted molar refractivity (Wildman–Crippen MR) is 89.6 cm³/mol. The number of phenols is 1. The molecule has 0 amide bonds. The van der Waals surface area contributed by atoms with Crippen LogP contribution in [-0.2, 0) is 19.2 Å². The number of carboxylic acids is 4. The quantitative estimate of drug-likeness (QED) is 0.324. The molecule has 12 heteroatoms. The van der Waals surface area contributed by atoms with Gasteiger partial charge in [-0.05, 0) is 0 Å². The third-order valence-corrected chi connectivity index (χ3v) is 3.26. The second-order valence-electron chi connectivity index (χ2n) is 5.30. The summed E-state index contributed by atoms with van der Waals surface area (Å²) in [6, 6.07) is 2.31. The van der Waals surface area contributed by atoms with Gasteiger partial charge in [-0.3, -0.25) is 19.2 Å². The highest BCUT2D eigenvalue weighted by molar-refractivity contribution is 5.87. The number of carboxylic acid groups (broad SMARTS) is 4. The van der Waals surface area contributed by atoms with Crippen LogP contribution in [0.15, 0.2) is 12.1 Å². The molecule has 27 heavy (non-hydrogen) atoms. The summed E-state index contributed by atoms with van der Waals surface area (Å²) in [6.07, 6.45) is 0. The van der Waals surface area contributed by atoms with Crippen molar-refractivity contribution in [1.82, 2.24) is 0 Å². The summed E-state index contributed by atoms with van der Waals surface area (Å²) in [7, 11) is 1.23. The Bertz CT molecular complexity index is 659. The lowest BCUT2D eigenvalue weighted by molar-refractivity contribution is -0.138. The van der Waals surface area contributed by atoms with Gasteiger partial charge in [0.25, 0.3) is 0 Å². The first-order chi connectivity index (χ1) is 12.5. The van der Waals surface area contributed by atoms with Crippen molar-refractivity contribution in [2.75, 3.05) is 43.1 Å². The number of nitrogens with zero attached hydrogens (tertiary/aromatic N) is 2. The molecule has 1 rings (SSSR count). The summed E-state index contributed by atoms with van der Waals surface area (Å²) in [5, 5.41) is 46.4. The van der Waals surface area contributed by atoms with Crippen LogP contribution in [0.1, 0.15) is 0 Å². The molecule has 5 N–H and O–H groups in total. The molecule has 0 spiro atoms. The van der Waals surface area contributed by atoms with Gasteiger partial charge in [0.1, 0.15) is 31.9 Å². The van der Waals surface area contributed by atoms with Crippen LogP contribution in [-0.4, -0.2) is 82.7 Å². The molecule has 0 unspecified atom stereocenters. The average molecular weight is 386 g/mol. The van der Waals surface area contributed by atoms with Gasteiger partial charge in [0.05, 0.1) is 18.5 Å². The van der Waals surface area contributed by atoms with E-state index in [-0.39, 0.29) is 17.1 Å². The van der Waals surface area contributed by atoms with Crippen LogP contribution in [0.2, 0.25) is 0 Å². The Morgan fingerprint density at radius 1 is 0.778 bits per heavy atom. The van der Waals surface area contributed by atoms with Crippen molar-refractivity contribution in [2.45, 2.75) is 0 Å². The maximum atomic E-state index is 11.0. The first-order valence-electron chi connectivity index (χ1n) is 7.33. The molecule has 0 fully saturated rings. The number of hydrogen-bond donors (Lipinski definition) is 5. The van der Waals surface area contributed by atoms with Crippen LogP contribution in [0.3, 0.4) is 0 Å². The van der Waals surface area contributed by atoms with Crippen molar-refractivity contribution in [3.05, 3.63) is 12.1 Å². The van der Waals surface area contributed by atoms with E-state index in [9.17, 15) is 24.3 Å². The molecule has 1 aromatic carbocycles. The van der Waals surface area contributed by atoms with E-state index in [1.54, 1.807) is 0 Å². The molecule has 0 saturated heterocycles. The Labute approximate surface area is 152 Å². The summed E-state index contributed by atoms with van der Waals surface area (Å²) in [4.78, 5) is 45.7. The van der Waals surface area contributed by atoms with Gasteiger partial charge in [0.2, 0.25) is 0 Å². The lowest BCUT2D eigenvalue weighted by Gasteiger charge is -2.27. The van der Waals surface area contributed by atoms with Gasteiger partial charge in [0.15, 0.2) is 5.75 Å². The van der Waals surface area contributed by atoms with Gasteiger partial charge < -0.3 is 40.1 Å². The maximum absolute atomic E-state index is 11.0. The number of methoxy groups -OCH3 is 1. The summed E-state index contributed by atoms with van der Waals surface area (Å²) in [5.74, 6) is -6.18. The molecule has 0 bridgehead atoms. The van der Waals surface area contributed by atoms with E-state index in [0.29, 0.717) is 0 Å². The minimum atomic E-state index is -1.38. The number of aliphatic carboxylic acids is 4. The zero-order valence-electron chi connectivity index (χ0n) is 14.2. The number of phenolic OH excluding ortho intramolecular Hbond substituents is 1. The van der Waals surface area contributed by atoms with Gasteiger partial charge >= 0.3 is 23.9 Å². The molecule has 148 valence electrons.